The molecule has 2 heterocycles. The predicted octanol–water partition coefficient (Wildman–Crippen LogP) is 1.03. The Balaban J connectivity index is 2.19. The summed E-state index contributed by atoms with van der Waals surface area (Å²) in [6.07, 6.45) is 1.65. The van der Waals surface area contributed by atoms with Crippen molar-refractivity contribution < 1.29 is 4.79 Å². The van der Waals surface area contributed by atoms with Crippen molar-refractivity contribution >= 4 is 17.1 Å². The molecule has 6 heteroatoms. The second kappa shape index (κ2) is 4.34. The van der Waals surface area contributed by atoms with Crippen LogP contribution < -0.4 is 11.4 Å². The minimum atomic E-state index is -0.477. The lowest BCUT2D eigenvalue weighted by molar-refractivity contribution is 0.100. The Bertz CT molecular complexity index is 876. The number of fused-ring (bicyclic) bond motifs is 1. The molecule has 0 radical (unpaired) electrons. The topological polar surface area (TPSA) is 93.8 Å². The smallest absolute Gasteiger partial charge is 0.327 e. The summed E-state index contributed by atoms with van der Waals surface area (Å²) >= 11 is 0. The molecule has 20 heavy (non-hydrogen) atoms. The zero-order valence-electron chi connectivity index (χ0n) is 10.8. The maximum absolute atomic E-state index is 11.5. The first-order chi connectivity index (χ1) is 9.56. The van der Waals surface area contributed by atoms with Crippen molar-refractivity contribution in [3.63, 3.8) is 0 Å². The summed E-state index contributed by atoms with van der Waals surface area (Å²) in [5, 5.41) is 0. The van der Waals surface area contributed by atoms with E-state index in [0.717, 1.165) is 11.1 Å². The molecule has 0 aliphatic carbocycles. The molecule has 0 aliphatic rings. The van der Waals surface area contributed by atoms with Crippen LogP contribution in [0.5, 0.6) is 0 Å². The van der Waals surface area contributed by atoms with E-state index in [9.17, 15) is 9.59 Å². The number of primary amides is 1. The van der Waals surface area contributed by atoms with Crippen LogP contribution in [0.15, 0.2) is 41.3 Å². The number of aromatic nitrogens is 3. The van der Waals surface area contributed by atoms with E-state index >= 15 is 0 Å². The molecule has 0 bridgehead atoms. The van der Waals surface area contributed by atoms with E-state index in [1.165, 1.54) is 4.57 Å². The second-order valence-corrected chi connectivity index (χ2v) is 4.53. The van der Waals surface area contributed by atoms with Gasteiger partial charge in [-0.25, -0.2) is 9.78 Å². The number of carbonyl (C=O) groups is 1. The highest BCUT2D eigenvalue weighted by Crippen LogP contribution is 2.22. The van der Waals surface area contributed by atoms with Gasteiger partial charge in [0.15, 0.2) is 5.65 Å². The van der Waals surface area contributed by atoms with E-state index in [-0.39, 0.29) is 5.69 Å². The molecule has 100 valence electrons. The molecular formula is C14H12N4O2. The molecule has 3 rings (SSSR count). The lowest BCUT2D eigenvalue weighted by Gasteiger charge is -2.04. The highest BCUT2D eigenvalue weighted by Gasteiger charge is 2.08. The van der Waals surface area contributed by atoms with Crippen molar-refractivity contribution in [1.82, 2.24) is 14.5 Å². The highest BCUT2D eigenvalue weighted by molar-refractivity contribution is 5.94. The number of nitrogens with zero attached hydrogens (tertiary/aromatic N) is 2. The van der Waals surface area contributed by atoms with Gasteiger partial charge in [0.25, 0.3) is 0 Å². The van der Waals surface area contributed by atoms with Gasteiger partial charge in [-0.05, 0) is 23.8 Å². The van der Waals surface area contributed by atoms with E-state index in [2.05, 4.69) is 9.97 Å². The number of nitrogens with one attached hydrogen (secondary N) is 1. The van der Waals surface area contributed by atoms with Gasteiger partial charge in [0.05, 0.1) is 5.52 Å². The zero-order chi connectivity index (χ0) is 14.3. The lowest BCUT2D eigenvalue weighted by atomic mass is 10.0. The molecular weight excluding hydrogens is 256 g/mol. The Morgan fingerprint density at radius 3 is 2.85 bits per heavy atom. The van der Waals surface area contributed by atoms with E-state index < -0.39 is 5.91 Å². The van der Waals surface area contributed by atoms with Gasteiger partial charge < -0.3 is 5.73 Å². The molecule has 2 aromatic heterocycles. The maximum atomic E-state index is 11.5. The SMILES string of the molecule is Cn1c(=O)[nH]c2ncc(-c3cccc(C(N)=O)c3)cc21. The Labute approximate surface area is 113 Å². The third kappa shape index (κ3) is 1.87. The number of hydrogen-bond acceptors (Lipinski definition) is 3. The fourth-order valence-corrected chi connectivity index (χ4v) is 2.11. The minimum Gasteiger partial charge on any atom is -0.366 e. The number of nitrogens with two attached hydrogens (primary N) is 1. The number of imidazole rings is 1. The van der Waals surface area contributed by atoms with Crippen LogP contribution in [0.3, 0.4) is 0 Å². The lowest BCUT2D eigenvalue weighted by Crippen LogP contribution is -2.11. The van der Waals surface area contributed by atoms with Gasteiger partial charge >= 0.3 is 5.69 Å². The summed E-state index contributed by atoms with van der Waals surface area (Å²) in [6.45, 7) is 0. The molecule has 3 N–H and O–H groups in total. The van der Waals surface area contributed by atoms with Crippen LogP contribution in [0.1, 0.15) is 10.4 Å². The monoisotopic (exact) mass is 268 g/mol. The highest BCUT2D eigenvalue weighted by atomic mass is 16.1. The van der Waals surface area contributed by atoms with E-state index in [0.29, 0.717) is 16.7 Å². The molecule has 1 aromatic carbocycles. The average Bonchev–Trinajstić information content (AvgIpc) is 2.74. The maximum Gasteiger partial charge on any atom is 0.327 e. The summed E-state index contributed by atoms with van der Waals surface area (Å²) in [5.74, 6) is -0.477. The number of hydrogen-bond donors (Lipinski definition) is 2. The number of aryl methyl sites for hydroxylation is 1. The summed E-state index contributed by atoms with van der Waals surface area (Å²) in [5.41, 5.74) is 8.38. The first-order valence-corrected chi connectivity index (χ1v) is 6.01. The van der Waals surface area contributed by atoms with Crippen LogP contribution in [-0.2, 0) is 7.05 Å². The Morgan fingerprint density at radius 2 is 2.10 bits per heavy atom. The molecule has 0 unspecified atom stereocenters. The molecule has 0 atom stereocenters. The number of H-pyrrole nitrogens is 1. The molecule has 0 saturated heterocycles. The van der Waals surface area contributed by atoms with Crippen molar-refractivity contribution in [1.29, 1.82) is 0 Å². The van der Waals surface area contributed by atoms with Gasteiger partial charge in [-0.3, -0.25) is 14.3 Å². The third-order valence-electron chi connectivity index (χ3n) is 3.24. The van der Waals surface area contributed by atoms with Crippen LogP contribution >= 0.6 is 0 Å². The summed E-state index contributed by atoms with van der Waals surface area (Å²) in [4.78, 5) is 29.6. The molecule has 1 amide bonds. The average molecular weight is 268 g/mol. The molecule has 0 fully saturated rings. The van der Waals surface area contributed by atoms with Gasteiger partial charge in [0.1, 0.15) is 0 Å². The summed E-state index contributed by atoms with van der Waals surface area (Å²) < 4.78 is 1.49. The fraction of sp³-hybridized carbons (Fsp3) is 0.0714. The molecule has 6 nitrogen and oxygen atoms in total. The zero-order valence-corrected chi connectivity index (χ0v) is 10.8. The number of rotatable bonds is 2. The van der Waals surface area contributed by atoms with Crippen molar-refractivity contribution in [2.75, 3.05) is 0 Å². The molecule has 0 spiro atoms. The van der Waals surface area contributed by atoms with Crippen LogP contribution in [0.4, 0.5) is 0 Å². The van der Waals surface area contributed by atoms with Crippen LogP contribution in [-0.4, -0.2) is 20.4 Å². The Kier molecular flexibility index (Phi) is 2.64. The van der Waals surface area contributed by atoms with Crippen LogP contribution in [0, 0.1) is 0 Å². The molecule has 0 saturated carbocycles. The third-order valence-corrected chi connectivity index (χ3v) is 3.24. The van der Waals surface area contributed by atoms with Gasteiger partial charge in [-0.15, -0.1) is 0 Å². The van der Waals surface area contributed by atoms with Crippen LogP contribution in [0.2, 0.25) is 0 Å². The second-order valence-electron chi connectivity index (χ2n) is 4.53. The number of benzene rings is 1. The van der Waals surface area contributed by atoms with Crippen LogP contribution in [0.25, 0.3) is 22.3 Å². The molecule has 0 aliphatic heterocycles. The normalized spacial score (nSPS) is 10.8. The Morgan fingerprint density at radius 1 is 1.30 bits per heavy atom. The van der Waals surface area contributed by atoms with Crippen molar-refractivity contribution in [2.24, 2.45) is 12.8 Å². The number of amides is 1. The van der Waals surface area contributed by atoms with E-state index in [4.69, 9.17) is 5.73 Å². The Hall–Kier alpha value is -2.89. The van der Waals surface area contributed by atoms with Gasteiger partial charge in [-0.1, -0.05) is 12.1 Å². The van der Waals surface area contributed by atoms with Gasteiger partial charge in [-0.2, -0.15) is 0 Å². The van der Waals surface area contributed by atoms with E-state index in [1.807, 2.05) is 12.1 Å². The largest absolute Gasteiger partial charge is 0.366 e. The standard InChI is InChI=1S/C14H12N4O2/c1-18-11-6-10(7-16-13(11)17-14(18)20)8-3-2-4-9(5-8)12(15)19/h2-7H,1H3,(H2,15,19)(H,16,17,20). The number of aromatic amines is 1. The fourth-order valence-electron chi connectivity index (χ4n) is 2.11. The predicted molar refractivity (Wildman–Crippen MR) is 75.3 cm³/mol. The summed E-state index contributed by atoms with van der Waals surface area (Å²) in [6, 6.07) is 8.83. The van der Waals surface area contributed by atoms with Crippen molar-refractivity contribution in [3.8, 4) is 11.1 Å². The van der Waals surface area contributed by atoms with Gasteiger partial charge in [0.2, 0.25) is 5.91 Å². The minimum absolute atomic E-state index is 0.212. The molecule has 3 aromatic rings. The number of pyridine rings is 1. The van der Waals surface area contributed by atoms with Crippen molar-refractivity contribution in [2.45, 2.75) is 0 Å². The van der Waals surface area contributed by atoms with E-state index in [1.54, 1.807) is 31.4 Å². The summed E-state index contributed by atoms with van der Waals surface area (Å²) in [7, 11) is 1.67. The van der Waals surface area contributed by atoms with Crippen molar-refractivity contribution in [3.05, 3.63) is 52.6 Å². The quantitative estimate of drug-likeness (QED) is 0.726. The first-order valence-electron chi connectivity index (χ1n) is 6.01. The first kappa shape index (κ1) is 12.2. The van der Waals surface area contributed by atoms with Gasteiger partial charge in [0, 0.05) is 24.4 Å². The number of carbonyl (C=O) groups excluding carboxylic acids is 1.